The summed E-state index contributed by atoms with van der Waals surface area (Å²) in [6, 6.07) is 0. The molecular weight excluding hydrogens is 477 g/mol. The van der Waals surface area contributed by atoms with Crippen LogP contribution in [0, 0.1) is 29.1 Å². The van der Waals surface area contributed by atoms with Crippen LogP contribution in [0.25, 0.3) is 0 Å². The predicted molar refractivity (Wildman–Crippen MR) is 133 cm³/mol. The van der Waals surface area contributed by atoms with Gasteiger partial charge in [-0.1, -0.05) is 79.1 Å². The highest BCUT2D eigenvalue weighted by Crippen LogP contribution is 2.22. The summed E-state index contributed by atoms with van der Waals surface area (Å²) in [6.45, 7) is 15.1. The van der Waals surface area contributed by atoms with Gasteiger partial charge in [0.1, 0.15) is 0 Å². The summed E-state index contributed by atoms with van der Waals surface area (Å²) in [5, 5.41) is 10.0. The van der Waals surface area contributed by atoms with E-state index in [9.17, 15) is 31.9 Å². The largest absolute Gasteiger partial charge is 0.545 e. The van der Waals surface area contributed by atoms with Crippen molar-refractivity contribution in [3.63, 3.8) is 0 Å². The molecule has 0 saturated carbocycles. The van der Waals surface area contributed by atoms with Gasteiger partial charge < -0.3 is 14.4 Å². The Labute approximate surface area is 214 Å². The Bertz CT molecular complexity index is 707. The van der Waals surface area contributed by atoms with Crippen LogP contribution in [-0.4, -0.2) is 36.6 Å². The van der Waals surface area contributed by atoms with Gasteiger partial charge in [0, 0.05) is 0 Å². The molecule has 0 spiro atoms. The van der Waals surface area contributed by atoms with Crippen molar-refractivity contribution in [1.29, 1.82) is 0 Å². The first-order valence-corrected chi connectivity index (χ1v) is 13.7. The number of carbonyl (C=O) groups is 1. The number of benzene rings is 1. The average molecular weight is 524 g/mol. The van der Waals surface area contributed by atoms with E-state index in [-0.39, 0.29) is 0 Å². The molecule has 210 valence electrons. The molecule has 0 bridgehead atoms. The zero-order chi connectivity index (χ0) is 27.6. The van der Waals surface area contributed by atoms with Crippen LogP contribution in [0.2, 0.25) is 0 Å². The monoisotopic (exact) mass is 523 g/mol. The van der Waals surface area contributed by atoms with Crippen LogP contribution in [0.1, 0.15) is 122 Å². The third-order valence-electron chi connectivity index (χ3n) is 6.61. The summed E-state index contributed by atoms with van der Waals surface area (Å²) < 4.78 is 63.4. The average Bonchev–Trinajstić information content (AvgIpc) is 2.86. The van der Waals surface area contributed by atoms with Gasteiger partial charge in [-0.2, -0.15) is 0 Å². The molecule has 0 aliphatic rings. The van der Waals surface area contributed by atoms with Gasteiger partial charge in [-0.3, -0.25) is 0 Å². The Morgan fingerprint density at radius 2 is 0.833 bits per heavy atom. The summed E-state index contributed by atoms with van der Waals surface area (Å²) in [7, 11) is 0. The van der Waals surface area contributed by atoms with E-state index in [0.717, 1.165) is 0 Å². The Morgan fingerprint density at radius 3 is 1.19 bits per heavy atom. The van der Waals surface area contributed by atoms with E-state index in [4.69, 9.17) is 0 Å². The number of carboxylic acids is 1. The Kier molecular flexibility index (Phi) is 18.5. The summed E-state index contributed by atoms with van der Waals surface area (Å²) in [5.74, 6) is -14.4. The maximum Gasteiger partial charge on any atom is 0.200 e. The molecule has 0 radical (unpaired) electrons. The second-order valence-electron chi connectivity index (χ2n) is 9.65. The van der Waals surface area contributed by atoms with Gasteiger partial charge >= 0.3 is 0 Å². The Morgan fingerprint density at radius 1 is 0.528 bits per heavy atom. The van der Waals surface area contributed by atoms with E-state index in [1.165, 1.54) is 114 Å². The van der Waals surface area contributed by atoms with Crippen molar-refractivity contribution in [2.45, 2.75) is 111 Å². The molecule has 0 N–H and O–H groups in total. The number of nitrogens with zero attached hydrogens (tertiary/aromatic N) is 1. The van der Waals surface area contributed by atoms with Gasteiger partial charge in [0.2, 0.25) is 5.82 Å². The van der Waals surface area contributed by atoms with Crippen LogP contribution in [0.15, 0.2) is 0 Å². The highest BCUT2D eigenvalue weighted by Gasteiger charge is 2.26. The minimum atomic E-state index is -2.47. The molecule has 0 heterocycles. The molecule has 8 heteroatoms. The van der Waals surface area contributed by atoms with Crippen molar-refractivity contribution in [3.8, 4) is 0 Å². The van der Waals surface area contributed by atoms with E-state index in [0.29, 0.717) is 0 Å². The molecule has 1 rings (SSSR count). The molecule has 0 saturated heterocycles. The summed E-state index contributed by atoms with van der Waals surface area (Å²) in [4.78, 5) is 10.0. The number of carboxylic acid groups (broad SMARTS) is 1. The molecule has 0 unspecified atom stereocenters. The van der Waals surface area contributed by atoms with Gasteiger partial charge in [0.05, 0.1) is 37.7 Å². The number of halogens is 5. The highest BCUT2D eigenvalue weighted by atomic mass is 19.2. The van der Waals surface area contributed by atoms with Crippen LogP contribution >= 0.6 is 0 Å². The van der Waals surface area contributed by atoms with Crippen LogP contribution in [0.4, 0.5) is 22.0 Å². The first kappa shape index (κ1) is 34.3. The lowest BCUT2D eigenvalue weighted by atomic mass is 10.1. The number of carbonyl (C=O) groups excluding carboxylic acids is 1. The van der Waals surface area contributed by atoms with Crippen LogP contribution in [0.3, 0.4) is 0 Å². The normalized spacial score (nSPS) is 11.4. The minimum Gasteiger partial charge on any atom is -0.545 e. The Balaban J connectivity index is 0.000000748. The SMILES string of the molecule is CCCCCCCCC[N+](CCCC)(CCCC)CCCC.O=C([O-])c1c(F)c(F)c(F)c(F)c1F. The van der Waals surface area contributed by atoms with E-state index >= 15 is 0 Å². The second kappa shape index (κ2) is 19.4. The van der Waals surface area contributed by atoms with Crippen molar-refractivity contribution >= 4 is 5.97 Å². The molecule has 0 atom stereocenters. The number of quaternary nitrogens is 1. The molecule has 0 aromatic heterocycles. The number of rotatable bonds is 18. The lowest BCUT2D eigenvalue weighted by Crippen LogP contribution is -2.50. The van der Waals surface area contributed by atoms with E-state index < -0.39 is 40.6 Å². The Hall–Kier alpha value is -1.70. The van der Waals surface area contributed by atoms with Gasteiger partial charge in [0.25, 0.3) is 0 Å². The lowest BCUT2D eigenvalue weighted by molar-refractivity contribution is -0.929. The molecule has 1 aromatic carbocycles. The number of hydrogen-bond donors (Lipinski definition) is 0. The minimum absolute atomic E-state index is 1.36. The predicted octanol–water partition coefficient (Wildman–Crippen LogP) is 7.70. The number of hydrogen-bond acceptors (Lipinski definition) is 2. The quantitative estimate of drug-likeness (QED) is 0.0650. The van der Waals surface area contributed by atoms with Crippen molar-refractivity contribution < 1.29 is 36.3 Å². The molecule has 0 aliphatic heterocycles. The van der Waals surface area contributed by atoms with Crippen molar-refractivity contribution in [2.75, 3.05) is 26.2 Å². The van der Waals surface area contributed by atoms with Gasteiger partial charge in [-0.05, 0) is 32.1 Å². The lowest BCUT2D eigenvalue weighted by Gasteiger charge is -2.39. The van der Waals surface area contributed by atoms with E-state index in [2.05, 4.69) is 27.7 Å². The van der Waals surface area contributed by atoms with Gasteiger partial charge in [0.15, 0.2) is 23.3 Å². The third kappa shape index (κ3) is 12.0. The second-order valence-corrected chi connectivity index (χ2v) is 9.65. The van der Waals surface area contributed by atoms with E-state index in [1.807, 2.05) is 0 Å². The number of unbranched alkanes of at least 4 members (excludes halogenated alkanes) is 9. The van der Waals surface area contributed by atoms with Crippen molar-refractivity contribution in [1.82, 2.24) is 0 Å². The zero-order valence-corrected chi connectivity index (χ0v) is 22.7. The maximum atomic E-state index is 12.5. The zero-order valence-electron chi connectivity index (χ0n) is 22.7. The van der Waals surface area contributed by atoms with Gasteiger partial charge in [-0.25, -0.2) is 22.0 Å². The van der Waals surface area contributed by atoms with Crippen LogP contribution < -0.4 is 5.11 Å². The standard InChI is InChI=1S/C21H46N.C7HF5O2/c1-5-9-13-14-15-16-17-21-22(18-10-6-2,19-11-7-3)20-12-8-4;8-2-1(7(13)14)3(9)5(11)6(12)4(2)10/h5-21H2,1-4H3;(H,13,14)/q+1;/p-1. The fraction of sp³-hybridized carbons (Fsp3) is 0.750. The first-order chi connectivity index (χ1) is 17.1. The van der Waals surface area contributed by atoms with E-state index in [1.54, 1.807) is 0 Å². The molecular formula is C28H46F5NO2. The molecule has 1 aromatic rings. The molecule has 36 heavy (non-hydrogen) atoms. The summed E-state index contributed by atoms with van der Waals surface area (Å²) in [6.07, 6.45) is 18.4. The van der Waals surface area contributed by atoms with Gasteiger partial charge in [-0.15, -0.1) is 0 Å². The third-order valence-corrected chi connectivity index (χ3v) is 6.61. The van der Waals surface area contributed by atoms with Crippen molar-refractivity contribution in [2.24, 2.45) is 0 Å². The maximum absolute atomic E-state index is 12.5. The summed E-state index contributed by atoms with van der Waals surface area (Å²) in [5.41, 5.74) is -1.97. The molecule has 3 nitrogen and oxygen atoms in total. The molecule has 0 aliphatic carbocycles. The smallest absolute Gasteiger partial charge is 0.200 e. The number of aromatic carboxylic acids is 1. The van der Waals surface area contributed by atoms with Crippen molar-refractivity contribution in [3.05, 3.63) is 34.6 Å². The fourth-order valence-electron chi connectivity index (χ4n) is 4.34. The summed E-state index contributed by atoms with van der Waals surface area (Å²) >= 11 is 0. The fourth-order valence-corrected chi connectivity index (χ4v) is 4.34. The highest BCUT2D eigenvalue weighted by molar-refractivity contribution is 5.86. The molecule has 0 amide bonds. The topological polar surface area (TPSA) is 40.1 Å². The molecule has 0 fully saturated rings. The first-order valence-electron chi connectivity index (χ1n) is 13.7. The van der Waals surface area contributed by atoms with Crippen LogP contribution in [-0.2, 0) is 0 Å². The van der Waals surface area contributed by atoms with Crippen LogP contribution in [0.5, 0.6) is 0 Å².